The summed E-state index contributed by atoms with van der Waals surface area (Å²) in [7, 11) is 0. The number of benzene rings is 2. The van der Waals surface area contributed by atoms with E-state index in [2.05, 4.69) is 29.0 Å². The highest BCUT2D eigenvalue weighted by molar-refractivity contribution is 6.01. The first-order valence-corrected chi connectivity index (χ1v) is 10.1. The second-order valence-corrected chi connectivity index (χ2v) is 6.74. The predicted octanol–water partition coefficient (Wildman–Crippen LogP) is 5.16. The van der Waals surface area contributed by atoms with Gasteiger partial charge in [0.05, 0.1) is 11.9 Å². The first-order chi connectivity index (χ1) is 14.7. The van der Waals surface area contributed by atoms with Crippen LogP contribution in [0.3, 0.4) is 0 Å². The number of nitrogens with zero attached hydrogens (tertiary/aromatic N) is 2. The standard InChI is InChI=1S/C25H27N3O2/c1-3-28(4-2)24-16-13-22(18-26-24)27-25(29)17-12-20-10-14-23(15-11-20)30-19-21-8-6-5-7-9-21/h5-18H,3-4,19H2,1-2H3,(H,27,29)/b17-12+. The zero-order valence-electron chi connectivity index (χ0n) is 17.4. The van der Waals surface area contributed by atoms with Crippen LogP contribution in [0, 0.1) is 0 Å². The van der Waals surface area contributed by atoms with Crippen molar-refractivity contribution in [2.24, 2.45) is 0 Å². The molecule has 30 heavy (non-hydrogen) atoms. The molecule has 1 heterocycles. The van der Waals surface area contributed by atoms with Crippen molar-refractivity contribution < 1.29 is 9.53 Å². The lowest BCUT2D eigenvalue weighted by Gasteiger charge is -2.19. The third-order valence-corrected chi connectivity index (χ3v) is 4.66. The van der Waals surface area contributed by atoms with Crippen LogP contribution in [0.2, 0.25) is 0 Å². The number of amides is 1. The van der Waals surface area contributed by atoms with Gasteiger partial charge in [0.2, 0.25) is 5.91 Å². The van der Waals surface area contributed by atoms with E-state index in [4.69, 9.17) is 4.74 Å². The summed E-state index contributed by atoms with van der Waals surface area (Å²) in [4.78, 5) is 18.7. The van der Waals surface area contributed by atoms with Crippen molar-refractivity contribution >= 4 is 23.5 Å². The highest BCUT2D eigenvalue weighted by Gasteiger charge is 2.04. The molecule has 5 nitrogen and oxygen atoms in total. The van der Waals surface area contributed by atoms with Crippen LogP contribution >= 0.6 is 0 Å². The van der Waals surface area contributed by atoms with Gasteiger partial charge < -0.3 is 15.0 Å². The first-order valence-electron chi connectivity index (χ1n) is 10.1. The number of nitrogens with one attached hydrogen (secondary N) is 1. The van der Waals surface area contributed by atoms with Gasteiger partial charge in [0.1, 0.15) is 18.2 Å². The molecule has 154 valence electrons. The fourth-order valence-corrected chi connectivity index (χ4v) is 2.97. The molecule has 1 N–H and O–H groups in total. The largest absolute Gasteiger partial charge is 0.489 e. The van der Waals surface area contributed by atoms with Crippen LogP contribution in [-0.4, -0.2) is 24.0 Å². The smallest absolute Gasteiger partial charge is 0.248 e. The zero-order chi connectivity index (χ0) is 21.2. The Hall–Kier alpha value is -3.60. The lowest BCUT2D eigenvalue weighted by atomic mass is 10.2. The number of carbonyl (C=O) groups is 1. The van der Waals surface area contributed by atoms with E-state index in [1.807, 2.05) is 66.7 Å². The second-order valence-electron chi connectivity index (χ2n) is 6.74. The van der Waals surface area contributed by atoms with Gasteiger partial charge in [-0.25, -0.2) is 4.98 Å². The quantitative estimate of drug-likeness (QED) is 0.503. The van der Waals surface area contributed by atoms with Gasteiger partial charge in [-0.1, -0.05) is 42.5 Å². The van der Waals surface area contributed by atoms with Crippen LogP contribution in [-0.2, 0) is 11.4 Å². The number of pyridine rings is 1. The van der Waals surface area contributed by atoms with Gasteiger partial charge in [0.25, 0.3) is 0 Å². The summed E-state index contributed by atoms with van der Waals surface area (Å²) in [5.74, 6) is 1.50. The molecule has 2 aromatic carbocycles. The van der Waals surface area contributed by atoms with Gasteiger partial charge in [0.15, 0.2) is 0 Å². The van der Waals surface area contributed by atoms with Crippen molar-refractivity contribution in [3.05, 3.63) is 90.1 Å². The maximum atomic E-state index is 12.2. The summed E-state index contributed by atoms with van der Waals surface area (Å²) in [6, 6.07) is 21.5. The lowest BCUT2D eigenvalue weighted by molar-refractivity contribution is -0.111. The van der Waals surface area contributed by atoms with E-state index in [0.29, 0.717) is 12.3 Å². The van der Waals surface area contributed by atoms with Crippen molar-refractivity contribution in [1.29, 1.82) is 0 Å². The highest BCUT2D eigenvalue weighted by Crippen LogP contribution is 2.16. The molecule has 0 spiro atoms. The van der Waals surface area contributed by atoms with E-state index < -0.39 is 0 Å². The summed E-state index contributed by atoms with van der Waals surface area (Å²) in [5, 5.41) is 2.83. The first kappa shape index (κ1) is 21.1. The third kappa shape index (κ3) is 6.21. The van der Waals surface area contributed by atoms with Gasteiger partial charge >= 0.3 is 0 Å². The normalized spacial score (nSPS) is 10.7. The van der Waals surface area contributed by atoms with Gasteiger partial charge in [-0.3, -0.25) is 4.79 Å². The van der Waals surface area contributed by atoms with Crippen LogP contribution < -0.4 is 15.0 Å². The molecule has 0 unspecified atom stereocenters. The van der Waals surface area contributed by atoms with E-state index in [1.165, 1.54) is 6.08 Å². The molecule has 0 aliphatic heterocycles. The third-order valence-electron chi connectivity index (χ3n) is 4.66. The van der Waals surface area contributed by atoms with Gasteiger partial charge in [-0.2, -0.15) is 0 Å². The van der Waals surface area contributed by atoms with E-state index in [1.54, 1.807) is 12.3 Å². The van der Waals surface area contributed by atoms with Crippen molar-refractivity contribution in [3.8, 4) is 5.75 Å². The number of rotatable bonds is 9. The van der Waals surface area contributed by atoms with Crippen LogP contribution in [0.25, 0.3) is 6.08 Å². The molecule has 0 aliphatic carbocycles. The second kappa shape index (κ2) is 10.8. The topological polar surface area (TPSA) is 54.5 Å². The Labute approximate surface area is 178 Å². The fraction of sp³-hybridized carbons (Fsp3) is 0.200. The minimum atomic E-state index is -0.197. The highest BCUT2D eigenvalue weighted by atomic mass is 16.5. The Bertz CT molecular complexity index is 948. The summed E-state index contributed by atoms with van der Waals surface area (Å²) < 4.78 is 5.78. The Balaban J connectivity index is 1.50. The molecule has 0 bridgehead atoms. The molecule has 5 heteroatoms. The molecule has 3 rings (SSSR count). The van der Waals surface area contributed by atoms with Gasteiger partial charge in [0, 0.05) is 19.2 Å². The minimum absolute atomic E-state index is 0.197. The molecule has 0 fully saturated rings. The maximum Gasteiger partial charge on any atom is 0.248 e. The molecule has 0 atom stereocenters. The Morgan fingerprint density at radius 3 is 2.37 bits per heavy atom. The van der Waals surface area contributed by atoms with E-state index in [0.717, 1.165) is 35.8 Å². The number of aromatic nitrogens is 1. The summed E-state index contributed by atoms with van der Waals surface area (Å²) in [5.41, 5.74) is 2.72. The van der Waals surface area contributed by atoms with E-state index >= 15 is 0 Å². The monoisotopic (exact) mass is 401 g/mol. The Morgan fingerprint density at radius 2 is 1.73 bits per heavy atom. The summed E-state index contributed by atoms with van der Waals surface area (Å²) in [6.07, 6.45) is 4.96. The molecule has 0 saturated heterocycles. The number of hydrogen-bond acceptors (Lipinski definition) is 4. The number of ether oxygens (including phenoxy) is 1. The molecule has 0 aliphatic rings. The molecule has 0 saturated carbocycles. The van der Waals surface area contributed by atoms with Crippen molar-refractivity contribution in [1.82, 2.24) is 4.98 Å². The van der Waals surface area contributed by atoms with Crippen LogP contribution in [0.15, 0.2) is 79.0 Å². The van der Waals surface area contributed by atoms with Gasteiger partial charge in [-0.05, 0) is 55.3 Å². The average molecular weight is 402 g/mol. The zero-order valence-corrected chi connectivity index (χ0v) is 17.4. The van der Waals surface area contributed by atoms with E-state index in [-0.39, 0.29) is 5.91 Å². The van der Waals surface area contributed by atoms with Crippen LogP contribution in [0.1, 0.15) is 25.0 Å². The maximum absolute atomic E-state index is 12.2. The van der Waals surface area contributed by atoms with Crippen molar-refractivity contribution in [3.63, 3.8) is 0 Å². The molecule has 3 aromatic rings. The molecule has 1 aromatic heterocycles. The number of anilines is 2. The van der Waals surface area contributed by atoms with Gasteiger partial charge in [-0.15, -0.1) is 0 Å². The number of hydrogen-bond donors (Lipinski definition) is 1. The van der Waals surface area contributed by atoms with Crippen molar-refractivity contribution in [2.45, 2.75) is 20.5 Å². The lowest BCUT2D eigenvalue weighted by Crippen LogP contribution is -2.22. The van der Waals surface area contributed by atoms with Crippen LogP contribution in [0.4, 0.5) is 11.5 Å². The minimum Gasteiger partial charge on any atom is -0.489 e. The summed E-state index contributed by atoms with van der Waals surface area (Å²) >= 11 is 0. The Kier molecular flexibility index (Phi) is 7.61. The summed E-state index contributed by atoms with van der Waals surface area (Å²) in [6.45, 7) is 6.50. The molecule has 0 radical (unpaired) electrons. The fourth-order valence-electron chi connectivity index (χ4n) is 2.97. The molecular weight excluding hydrogens is 374 g/mol. The SMILES string of the molecule is CCN(CC)c1ccc(NC(=O)/C=C/c2ccc(OCc3ccccc3)cc2)cn1. The average Bonchev–Trinajstić information content (AvgIpc) is 2.79. The Morgan fingerprint density at radius 1 is 1.00 bits per heavy atom. The van der Waals surface area contributed by atoms with E-state index in [9.17, 15) is 4.79 Å². The van der Waals surface area contributed by atoms with Crippen molar-refractivity contribution in [2.75, 3.05) is 23.3 Å². The predicted molar refractivity (Wildman–Crippen MR) is 123 cm³/mol. The molecule has 1 amide bonds. The molecular formula is C25H27N3O2. The van der Waals surface area contributed by atoms with Crippen LogP contribution in [0.5, 0.6) is 5.75 Å². The number of carbonyl (C=O) groups excluding carboxylic acids is 1.